The van der Waals surface area contributed by atoms with Gasteiger partial charge in [-0.05, 0) is 38.0 Å². The Morgan fingerprint density at radius 2 is 1.87 bits per heavy atom. The van der Waals surface area contributed by atoms with Crippen LogP contribution in [-0.2, 0) is 9.63 Å². The van der Waals surface area contributed by atoms with Crippen molar-refractivity contribution in [3.05, 3.63) is 63.1 Å². The Labute approximate surface area is 144 Å². The molecule has 2 aromatic rings. The first kappa shape index (κ1) is 17.2. The van der Waals surface area contributed by atoms with Gasteiger partial charge >= 0.3 is 0 Å². The molecule has 0 heterocycles. The number of aryl methyl sites for hydroxylation is 3. The summed E-state index contributed by atoms with van der Waals surface area (Å²) in [5.41, 5.74) is 4.96. The van der Waals surface area contributed by atoms with Gasteiger partial charge in [-0.15, -0.1) is 0 Å². The monoisotopic (exact) mass is 374 g/mol. The van der Waals surface area contributed by atoms with Crippen LogP contribution in [0.15, 0.2) is 46.0 Å². The lowest BCUT2D eigenvalue weighted by Crippen LogP contribution is -2.18. The number of benzene rings is 2. The average Bonchev–Trinajstić information content (AvgIpc) is 2.49. The van der Waals surface area contributed by atoms with Crippen LogP contribution in [0, 0.1) is 20.8 Å². The fraction of sp³-hybridized carbons (Fsp3) is 0.222. The maximum atomic E-state index is 12.0. The van der Waals surface area contributed by atoms with Gasteiger partial charge in [-0.1, -0.05) is 57.0 Å². The number of hydrogen-bond donors (Lipinski definition) is 1. The predicted molar refractivity (Wildman–Crippen MR) is 97.0 cm³/mol. The molecule has 0 bridgehead atoms. The molecule has 0 aliphatic rings. The zero-order valence-corrected chi connectivity index (χ0v) is 15.0. The summed E-state index contributed by atoms with van der Waals surface area (Å²) in [4.78, 5) is 17.0. The Hall–Kier alpha value is -2.14. The first-order valence-electron chi connectivity index (χ1n) is 7.25. The lowest BCUT2D eigenvalue weighted by Gasteiger charge is -2.12. The summed E-state index contributed by atoms with van der Waals surface area (Å²) in [6, 6.07) is 11.7. The number of oxime groups is 1. The van der Waals surface area contributed by atoms with E-state index in [0.717, 1.165) is 26.9 Å². The first-order chi connectivity index (χ1) is 11.0. The zero-order valence-electron chi connectivity index (χ0n) is 13.4. The Kier molecular flexibility index (Phi) is 5.93. The van der Waals surface area contributed by atoms with E-state index < -0.39 is 0 Å². The van der Waals surface area contributed by atoms with E-state index in [9.17, 15) is 4.79 Å². The van der Waals surface area contributed by atoms with Crippen molar-refractivity contribution in [2.75, 3.05) is 11.9 Å². The van der Waals surface area contributed by atoms with Crippen LogP contribution in [0.2, 0.25) is 0 Å². The predicted octanol–water partition coefficient (Wildman–Crippen LogP) is 4.36. The topological polar surface area (TPSA) is 50.7 Å². The van der Waals surface area contributed by atoms with E-state index in [2.05, 4.69) is 26.4 Å². The highest BCUT2D eigenvalue weighted by Gasteiger charge is 2.08. The number of anilines is 1. The van der Waals surface area contributed by atoms with Gasteiger partial charge in [-0.25, -0.2) is 0 Å². The van der Waals surface area contributed by atoms with Crippen LogP contribution in [-0.4, -0.2) is 18.7 Å². The molecule has 0 atom stereocenters. The second-order valence-corrected chi connectivity index (χ2v) is 6.21. The van der Waals surface area contributed by atoms with E-state index in [4.69, 9.17) is 4.84 Å². The second kappa shape index (κ2) is 7.92. The van der Waals surface area contributed by atoms with Crippen LogP contribution in [0.4, 0.5) is 5.69 Å². The van der Waals surface area contributed by atoms with E-state index >= 15 is 0 Å². The van der Waals surface area contributed by atoms with Gasteiger partial charge < -0.3 is 10.2 Å². The Morgan fingerprint density at radius 3 is 2.52 bits per heavy atom. The number of amides is 1. The van der Waals surface area contributed by atoms with Gasteiger partial charge in [0.05, 0.1) is 6.21 Å². The van der Waals surface area contributed by atoms with Gasteiger partial charge in [-0.3, -0.25) is 4.79 Å². The molecule has 0 fully saturated rings. The van der Waals surface area contributed by atoms with Crippen molar-refractivity contribution in [3.8, 4) is 0 Å². The minimum atomic E-state index is -0.232. The van der Waals surface area contributed by atoms with Crippen LogP contribution >= 0.6 is 15.9 Å². The Bertz CT molecular complexity index is 719. The molecule has 0 saturated heterocycles. The Morgan fingerprint density at radius 1 is 1.22 bits per heavy atom. The highest BCUT2D eigenvalue weighted by atomic mass is 79.9. The molecular weight excluding hydrogens is 356 g/mol. The number of nitrogens with one attached hydrogen (secondary N) is 1. The quantitative estimate of drug-likeness (QED) is 0.624. The molecule has 5 heteroatoms. The maximum Gasteiger partial charge on any atom is 0.265 e. The third-order valence-electron chi connectivity index (χ3n) is 3.31. The smallest absolute Gasteiger partial charge is 0.265 e. The molecular formula is C18H19BrN2O2. The summed E-state index contributed by atoms with van der Waals surface area (Å²) in [6.07, 6.45) is 1.57. The normalized spacial score (nSPS) is 10.8. The van der Waals surface area contributed by atoms with Gasteiger partial charge in [0.1, 0.15) is 0 Å². The summed E-state index contributed by atoms with van der Waals surface area (Å²) >= 11 is 3.42. The fourth-order valence-corrected chi connectivity index (χ4v) is 2.71. The Balaban J connectivity index is 1.90. The van der Waals surface area contributed by atoms with Gasteiger partial charge in [0.15, 0.2) is 6.61 Å². The zero-order chi connectivity index (χ0) is 16.8. The van der Waals surface area contributed by atoms with E-state index in [1.54, 1.807) is 6.21 Å². The van der Waals surface area contributed by atoms with Crippen molar-refractivity contribution in [2.45, 2.75) is 20.8 Å². The van der Waals surface area contributed by atoms with Crippen molar-refractivity contribution in [1.29, 1.82) is 0 Å². The van der Waals surface area contributed by atoms with Crippen LogP contribution in [0.3, 0.4) is 0 Å². The summed E-state index contributed by atoms with van der Waals surface area (Å²) in [7, 11) is 0. The highest BCUT2D eigenvalue weighted by molar-refractivity contribution is 9.10. The molecule has 0 saturated carbocycles. The van der Waals surface area contributed by atoms with Crippen LogP contribution < -0.4 is 5.32 Å². The summed E-state index contributed by atoms with van der Waals surface area (Å²) in [6.45, 7) is 5.85. The molecule has 1 amide bonds. The van der Waals surface area contributed by atoms with Gasteiger partial charge in [0.2, 0.25) is 0 Å². The minimum Gasteiger partial charge on any atom is -0.386 e. The minimum absolute atomic E-state index is 0.131. The number of nitrogens with zero attached hydrogens (tertiary/aromatic N) is 1. The third kappa shape index (κ3) is 4.93. The molecule has 4 nitrogen and oxygen atoms in total. The van der Waals surface area contributed by atoms with Gasteiger partial charge in [0, 0.05) is 15.7 Å². The molecule has 0 unspecified atom stereocenters. The van der Waals surface area contributed by atoms with E-state index in [-0.39, 0.29) is 12.5 Å². The molecule has 2 aromatic carbocycles. The van der Waals surface area contributed by atoms with Crippen molar-refractivity contribution in [2.24, 2.45) is 5.16 Å². The average molecular weight is 375 g/mol. The van der Waals surface area contributed by atoms with Gasteiger partial charge in [-0.2, -0.15) is 0 Å². The first-order valence-corrected chi connectivity index (χ1v) is 8.04. The molecule has 0 spiro atoms. The number of halogens is 1. The van der Waals surface area contributed by atoms with Crippen LogP contribution in [0.5, 0.6) is 0 Å². The van der Waals surface area contributed by atoms with Gasteiger partial charge in [0.25, 0.3) is 5.91 Å². The van der Waals surface area contributed by atoms with Crippen LogP contribution in [0.1, 0.15) is 22.3 Å². The van der Waals surface area contributed by atoms with E-state index in [1.165, 1.54) is 5.56 Å². The van der Waals surface area contributed by atoms with Crippen molar-refractivity contribution < 1.29 is 9.63 Å². The van der Waals surface area contributed by atoms with Crippen molar-refractivity contribution in [1.82, 2.24) is 0 Å². The third-order valence-corrected chi connectivity index (χ3v) is 4.03. The number of rotatable bonds is 5. The molecule has 0 aliphatic heterocycles. The lowest BCUT2D eigenvalue weighted by atomic mass is 10.1. The summed E-state index contributed by atoms with van der Waals surface area (Å²) in [5.74, 6) is -0.232. The standard InChI is InChI=1S/C18H19BrN2O2/c1-12-8-13(2)18(14(3)9-12)21-17(22)11-23-20-10-15-6-4-5-7-16(15)19/h4-10H,11H2,1-3H3,(H,21,22)/b20-10-. The van der Waals surface area contributed by atoms with E-state index in [0.29, 0.717) is 0 Å². The molecule has 0 aliphatic carbocycles. The lowest BCUT2D eigenvalue weighted by molar-refractivity contribution is -0.120. The summed E-state index contributed by atoms with van der Waals surface area (Å²) < 4.78 is 0.919. The SMILES string of the molecule is Cc1cc(C)c(NC(=O)CO/N=C\c2ccccc2Br)c(C)c1. The molecule has 23 heavy (non-hydrogen) atoms. The molecule has 0 radical (unpaired) electrons. The molecule has 120 valence electrons. The largest absolute Gasteiger partial charge is 0.386 e. The van der Waals surface area contributed by atoms with E-state index in [1.807, 2.05) is 57.2 Å². The second-order valence-electron chi connectivity index (χ2n) is 5.35. The van der Waals surface area contributed by atoms with Crippen LogP contribution in [0.25, 0.3) is 0 Å². The number of carbonyl (C=O) groups is 1. The summed E-state index contributed by atoms with van der Waals surface area (Å²) in [5, 5.41) is 6.70. The van der Waals surface area contributed by atoms with Crippen molar-refractivity contribution >= 4 is 33.7 Å². The fourth-order valence-electron chi connectivity index (χ4n) is 2.32. The number of carbonyl (C=O) groups excluding carboxylic acids is 1. The molecule has 0 aromatic heterocycles. The maximum absolute atomic E-state index is 12.0. The van der Waals surface area contributed by atoms with Crippen molar-refractivity contribution in [3.63, 3.8) is 0 Å². The molecule has 1 N–H and O–H groups in total. The molecule has 2 rings (SSSR count). The number of hydrogen-bond acceptors (Lipinski definition) is 3. The highest BCUT2D eigenvalue weighted by Crippen LogP contribution is 2.21.